The predicted molar refractivity (Wildman–Crippen MR) is 69.1 cm³/mol. The molecule has 0 N–H and O–H groups in total. The molecule has 1 heterocycles. The molecule has 0 aromatic heterocycles. The molecule has 0 bridgehead atoms. The topological polar surface area (TPSA) is 18.5 Å². The van der Waals surface area contributed by atoms with Crippen LogP contribution in [-0.2, 0) is 9.05 Å². The van der Waals surface area contributed by atoms with Crippen molar-refractivity contribution in [2.24, 2.45) is 0 Å². The molecule has 4 heteroatoms. The number of hydrogen-bond acceptors (Lipinski definition) is 2. The van der Waals surface area contributed by atoms with Crippen LogP contribution in [0.25, 0.3) is 0 Å². The fraction of sp³-hybridized carbons (Fsp3) is 0.500. The van der Waals surface area contributed by atoms with Crippen LogP contribution in [0, 0.1) is 0 Å². The molecule has 0 atom stereocenters. The van der Waals surface area contributed by atoms with Crippen molar-refractivity contribution in [2.45, 2.75) is 38.9 Å². The Morgan fingerprint density at radius 1 is 0.938 bits per heavy atom. The van der Waals surface area contributed by atoms with Crippen molar-refractivity contribution in [3.05, 3.63) is 30.3 Å². The minimum atomic E-state index is -0.735. The first-order valence-corrected chi connectivity index (χ1v) is 9.57. The first-order valence-electron chi connectivity index (χ1n) is 5.32. The SMILES string of the molecule is CC1(C)OP([Se]c2ccccc2)OC1(C)C. The van der Waals surface area contributed by atoms with E-state index in [0.717, 1.165) is 0 Å². The molecule has 0 aliphatic carbocycles. The van der Waals surface area contributed by atoms with Crippen molar-refractivity contribution in [1.29, 1.82) is 0 Å². The zero-order valence-corrected chi connectivity index (χ0v) is 12.7. The van der Waals surface area contributed by atoms with Crippen LogP contribution in [0.4, 0.5) is 0 Å². The van der Waals surface area contributed by atoms with Crippen LogP contribution < -0.4 is 4.46 Å². The third kappa shape index (κ3) is 2.50. The van der Waals surface area contributed by atoms with Crippen molar-refractivity contribution in [2.75, 3.05) is 0 Å². The van der Waals surface area contributed by atoms with Crippen LogP contribution in [0.1, 0.15) is 27.7 Å². The maximum absolute atomic E-state index is 6.04. The maximum atomic E-state index is 6.04. The fourth-order valence-corrected chi connectivity index (χ4v) is 7.80. The van der Waals surface area contributed by atoms with Gasteiger partial charge in [0.15, 0.2) is 0 Å². The summed E-state index contributed by atoms with van der Waals surface area (Å²) in [6.07, 6.45) is 0. The van der Waals surface area contributed by atoms with Crippen molar-refractivity contribution in [1.82, 2.24) is 0 Å². The summed E-state index contributed by atoms with van der Waals surface area (Å²) in [6.45, 7) is 8.43. The molecule has 16 heavy (non-hydrogen) atoms. The van der Waals surface area contributed by atoms with E-state index in [4.69, 9.17) is 9.05 Å². The molecule has 1 fully saturated rings. The molecule has 88 valence electrons. The van der Waals surface area contributed by atoms with Crippen LogP contribution in [0.3, 0.4) is 0 Å². The Balaban J connectivity index is 2.05. The van der Waals surface area contributed by atoms with Crippen molar-refractivity contribution < 1.29 is 9.05 Å². The molecule has 1 saturated heterocycles. The van der Waals surface area contributed by atoms with E-state index in [1.54, 1.807) is 0 Å². The molecule has 2 nitrogen and oxygen atoms in total. The third-order valence-corrected chi connectivity index (χ3v) is 8.32. The summed E-state index contributed by atoms with van der Waals surface area (Å²) in [5.74, 6) is 0. The predicted octanol–water partition coefficient (Wildman–Crippen LogP) is 2.85. The van der Waals surface area contributed by atoms with Crippen molar-refractivity contribution in [3.63, 3.8) is 0 Å². The van der Waals surface area contributed by atoms with Gasteiger partial charge in [0.1, 0.15) is 0 Å². The molecule has 0 spiro atoms. The minimum absolute atomic E-state index is 0.185. The first kappa shape index (κ1) is 12.5. The molecule has 0 saturated carbocycles. The second-order valence-electron chi connectivity index (χ2n) is 4.83. The van der Waals surface area contributed by atoms with Gasteiger partial charge in [-0.2, -0.15) is 0 Å². The quantitative estimate of drug-likeness (QED) is 0.618. The molecule has 1 aliphatic heterocycles. The second-order valence-corrected chi connectivity index (χ2v) is 9.84. The van der Waals surface area contributed by atoms with Gasteiger partial charge in [0.05, 0.1) is 0 Å². The van der Waals surface area contributed by atoms with E-state index >= 15 is 0 Å². The summed E-state index contributed by atoms with van der Waals surface area (Å²) in [6, 6.07) is 10.5. The Hall–Kier alpha value is 0.0895. The average molecular weight is 303 g/mol. The summed E-state index contributed by atoms with van der Waals surface area (Å²) < 4.78 is 13.4. The Bertz CT molecular complexity index is 349. The van der Waals surface area contributed by atoms with Crippen molar-refractivity contribution in [3.8, 4) is 0 Å². The average Bonchev–Trinajstić information content (AvgIpc) is 2.36. The first-order chi connectivity index (χ1) is 7.41. The van der Waals surface area contributed by atoms with Gasteiger partial charge in [0, 0.05) is 0 Å². The molecule has 1 aromatic carbocycles. The number of rotatable bonds is 2. The summed E-state index contributed by atoms with van der Waals surface area (Å²) in [7, 11) is -0.735. The number of benzene rings is 1. The Morgan fingerprint density at radius 2 is 1.44 bits per heavy atom. The normalized spacial score (nSPS) is 23.5. The Labute approximate surface area is 104 Å². The Kier molecular flexibility index (Phi) is 3.45. The van der Waals surface area contributed by atoms with Gasteiger partial charge in [-0.15, -0.1) is 0 Å². The van der Waals surface area contributed by atoms with Crippen LogP contribution >= 0.6 is 7.07 Å². The van der Waals surface area contributed by atoms with Gasteiger partial charge in [0.25, 0.3) is 0 Å². The van der Waals surface area contributed by atoms with Gasteiger partial charge in [-0.3, -0.25) is 0 Å². The van der Waals surface area contributed by atoms with Crippen LogP contribution in [0.5, 0.6) is 0 Å². The summed E-state index contributed by atoms with van der Waals surface area (Å²) >= 11 is 0.279. The van der Waals surface area contributed by atoms with E-state index in [1.807, 2.05) is 6.07 Å². The van der Waals surface area contributed by atoms with Gasteiger partial charge in [-0.1, -0.05) is 0 Å². The monoisotopic (exact) mass is 304 g/mol. The van der Waals surface area contributed by atoms with E-state index in [0.29, 0.717) is 0 Å². The molecule has 1 aromatic rings. The van der Waals surface area contributed by atoms with Crippen LogP contribution in [0.15, 0.2) is 30.3 Å². The van der Waals surface area contributed by atoms with E-state index in [9.17, 15) is 0 Å². The molecule has 1 aliphatic rings. The third-order valence-electron chi connectivity index (χ3n) is 2.98. The van der Waals surface area contributed by atoms with Gasteiger partial charge in [0.2, 0.25) is 0 Å². The van der Waals surface area contributed by atoms with E-state index < -0.39 is 7.07 Å². The van der Waals surface area contributed by atoms with Crippen molar-refractivity contribution >= 4 is 26.0 Å². The van der Waals surface area contributed by atoms with E-state index in [1.165, 1.54) is 4.46 Å². The van der Waals surface area contributed by atoms with Gasteiger partial charge >= 0.3 is 104 Å². The molecule has 0 radical (unpaired) electrons. The fourth-order valence-electron chi connectivity index (χ4n) is 1.22. The van der Waals surface area contributed by atoms with E-state index in [-0.39, 0.29) is 25.7 Å². The van der Waals surface area contributed by atoms with Gasteiger partial charge in [-0.25, -0.2) is 0 Å². The second kappa shape index (κ2) is 4.40. The van der Waals surface area contributed by atoms with E-state index in [2.05, 4.69) is 52.0 Å². The van der Waals surface area contributed by atoms with Crippen LogP contribution in [0.2, 0.25) is 0 Å². The molecule has 2 rings (SSSR count). The standard InChI is InChI=1S/C12H17O2PSe/c1-11(2)12(3,4)14-15(13-11)16-10-8-6-5-7-9-10/h5-9H,1-4H3. The summed E-state index contributed by atoms with van der Waals surface area (Å²) in [5, 5.41) is 0. The molecular weight excluding hydrogens is 286 g/mol. The zero-order chi connectivity index (χ0) is 11.8. The van der Waals surface area contributed by atoms with Crippen LogP contribution in [-0.4, -0.2) is 25.7 Å². The molecule has 0 amide bonds. The Morgan fingerprint density at radius 3 is 1.94 bits per heavy atom. The van der Waals surface area contributed by atoms with Gasteiger partial charge in [-0.05, 0) is 0 Å². The summed E-state index contributed by atoms with van der Waals surface area (Å²) in [4.78, 5) is 0. The summed E-state index contributed by atoms with van der Waals surface area (Å²) in [5.41, 5.74) is -0.371. The molecule has 0 unspecified atom stereocenters. The molecular formula is C12H17O2PSe. The zero-order valence-electron chi connectivity index (χ0n) is 10.1. The van der Waals surface area contributed by atoms with Gasteiger partial charge < -0.3 is 0 Å². The number of hydrogen-bond donors (Lipinski definition) is 0.